The summed E-state index contributed by atoms with van der Waals surface area (Å²) in [5.74, 6) is -0.171. The number of alkyl halides is 1. The van der Waals surface area contributed by atoms with Crippen molar-refractivity contribution in [3.05, 3.63) is 28.8 Å². The van der Waals surface area contributed by atoms with E-state index in [9.17, 15) is 9.90 Å². The maximum atomic E-state index is 12.3. The van der Waals surface area contributed by atoms with Crippen LogP contribution in [0, 0.1) is 0 Å². The standard InChI is InChI=1S/C13H16BrClN2O2/c14-3-4-16-5-7-17(8-6-16)13(19)11-9-10(15)1-2-12(11)18/h1-2,9,18H,3-8H2. The quantitative estimate of drug-likeness (QED) is 0.853. The zero-order chi connectivity index (χ0) is 13.8. The summed E-state index contributed by atoms with van der Waals surface area (Å²) in [5.41, 5.74) is 0.279. The predicted octanol–water partition coefficient (Wildman–Crippen LogP) is 2.20. The second-order valence-corrected chi connectivity index (χ2v) is 5.71. The van der Waals surface area contributed by atoms with Gasteiger partial charge >= 0.3 is 0 Å². The summed E-state index contributed by atoms with van der Waals surface area (Å²) >= 11 is 9.28. The van der Waals surface area contributed by atoms with Crippen molar-refractivity contribution in [2.24, 2.45) is 0 Å². The van der Waals surface area contributed by atoms with Gasteiger partial charge in [0.1, 0.15) is 5.75 Å². The number of carbonyl (C=O) groups excluding carboxylic acids is 1. The van der Waals surface area contributed by atoms with E-state index in [1.165, 1.54) is 12.1 Å². The van der Waals surface area contributed by atoms with E-state index < -0.39 is 0 Å². The van der Waals surface area contributed by atoms with Crippen LogP contribution in [-0.4, -0.2) is 58.9 Å². The third-order valence-electron chi connectivity index (χ3n) is 3.25. The summed E-state index contributed by atoms with van der Waals surface area (Å²) in [6.07, 6.45) is 0. The number of nitrogens with zero attached hydrogens (tertiary/aromatic N) is 2. The molecule has 0 saturated carbocycles. The maximum Gasteiger partial charge on any atom is 0.257 e. The van der Waals surface area contributed by atoms with Crippen LogP contribution in [0.3, 0.4) is 0 Å². The van der Waals surface area contributed by atoms with Crippen LogP contribution in [0.15, 0.2) is 18.2 Å². The third kappa shape index (κ3) is 3.61. The van der Waals surface area contributed by atoms with Crippen molar-refractivity contribution in [1.29, 1.82) is 0 Å². The monoisotopic (exact) mass is 346 g/mol. The Bertz CT molecular complexity index is 462. The molecule has 1 aromatic carbocycles. The Balaban J connectivity index is 2.03. The van der Waals surface area contributed by atoms with Gasteiger partial charge in [0.05, 0.1) is 5.56 Å². The lowest BCUT2D eigenvalue weighted by Crippen LogP contribution is -2.49. The molecule has 2 rings (SSSR count). The van der Waals surface area contributed by atoms with Gasteiger partial charge in [-0.05, 0) is 18.2 Å². The number of rotatable bonds is 3. The van der Waals surface area contributed by atoms with Crippen molar-refractivity contribution in [2.75, 3.05) is 38.1 Å². The van der Waals surface area contributed by atoms with E-state index in [0.717, 1.165) is 25.0 Å². The summed E-state index contributed by atoms with van der Waals surface area (Å²) < 4.78 is 0. The van der Waals surface area contributed by atoms with E-state index in [1.54, 1.807) is 11.0 Å². The molecular formula is C13H16BrClN2O2. The van der Waals surface area contributed by atoms with Gasteiger partial charge in [-0.3, -0.25) is 9.69 Å². The SMILES string of the molecule is O=C(c1cc(Cl)ccc1O)N1CCN(CCBr)CC1. The molecule has 1 aliphatic rings. The number of phenolic OH excluding ortho intramolecular Hbond substituents is 1. The highest BCUT2D eigenvalue weighted by molar-refractivity contribution is 9.09. The molecule has 0 bridgehead atoms. The molecule has 0 radical (unpaired) electrons. The van der Waals surface area contributed by atoms with Gasteiger partial charge < -0.3 is 10.0 Å². The Morgan fingerprint density at radius 1 is 1.32 bits per heavy atom. The normalized spacial score (nSPS) is 16.6. The minimum atomic E-state index is -0.154. The first-order valence-corrected chi connectivity index (χ1v) is 7.68. The molecule has 0 atom stereocenters. The lowest BCUT2D eigenvalue weighted by atomic mass is 10.1. The van der Waals surface area contributed by atoms with Gasteiger partial charge in [-0.25, -0.2) is 0 Å². The summed E-state index contributed by atoms with van der Waals surface area (Å²) in [7, 11) is 0. The minimum absolute atomic E-state index is 0.0164. The van der Waals surface area contributed by atoms with E-state index in [-0.39, 0.29) is 17.2 Å². The number of hydrogen-bond acceptors (Lipinski definition) is 3. The first kappa shape index (κ1) is 14.6. The molecule has 1 fully saturated rings. The Kier molecular flexibility index (Phi) is 5.07. The molecule has 0 aromatic heterocycles. The molecule has 1 N–H and O–H groups in total. The van der Waals surface area contributed by atoms with Crippen LogP contribution >= 0.6 is 27.5 Å². The Labute approximate surface area is 126 Å². The Morgan fingerprint density at radius 3 is 2.63 bits per heavy atom. The van der Waals surface area contributed by atoms with Crippen molar-refractivity contribution in [1.82, 2.24) is 9.80 Å². The zero-order valence-electron chi connectivity index (χ0n) is 10.5. The average molecular weight is 348 g/mol. The van der Waals surface area contributed by atoms with Crippen molar-refractivity contribution in [3.63, 3.8) is 0 Å². The molecule has 1 amide bonds. The summed E-state index contributed by atoms with van der Waals surface area (Å²) in [6, 6.07) is 4.54. The number of hydrogen-bond donors (Lipinski definition) is 1. The largest absolute Gasteiger partial charge is 0.507 e. The average Bonchev–Trinajstić information content (AvgIpc) is 2.42. The van der Waals surface area contributed by atoms with Crippen LogP contribution in [0.25, 0.3) is 0 Å². The topological polar surface area (TPSA) is 43.8 Å². The van der Waals surface area contributed by atoms with Crippen LogP contribution in [0.4, 0.5) is 0 Å². The molecular weight excluding hydrogens is 332 g/mol. The summed E-state index contributed by atoms with van der Waals surface area (Å²) in [6.45, 7) is 4.07. The van der Waals surface area contributed by atoms with E-state index >= 15 is 0 Å². The molecule has 1 aromatic rings. The molecule has 0 spiro atoms. The van der Waals surface area contributed by atoms with Crippen LogP contribution in [0.1, 0.15) is 10.4 Å². The van der Waals surface area contributed by atoms with Crippen molar-refractivity contribution >= 4 is 33.4 Å². The van der Waals surface area contributed by atoms with E-state index in [0.29, 0.717) is 18.1 Å². The van der Waals surface area contributed by atoms with E-state index in [1.807, 2.05) is 0 Å². The van der Waals surface area contributed by atoms with Crippen LogP contribution in [-0.2, 0) is 0 Å². The molecule has 6 heteroatoms. The van der Waals surface area contributed by atoms with Crippen molar-refractivity contribution in [3.8, 4) is 5.75 Å². The minimum Gasteiger partial charge on any atom is -0.507 e. The molecule has 0 aliphatic carbocycles. The van der Waals surface area contributed by atoms with Gasteiger partial charge in [0, 0.05) is 43.1 Å². The van der Waals surface area contributed by atoms with Crippen LogP contribution in [0.2, 0.25) is 5.02 Å². The molecule has 1 saturated heterocycles. The maximum absolute atomic E-state index is 12.3. The Morgan fingerprint density at radius 2 is 2.00 bits per heavy atom. The number of carbonyl (C=O) groups is 1. The predicted molar refractivity (Wildman–Crippen MR) is 79.3 cm³/mol. The van der Waals surface area contributed by atoms with Gasteiger partial charge in [-0.2, -0.15) is 0 Å². The molecule has 19 heavy (non-hydrogen) atoms. The highest BCUT2D eigenvalue weighted by Crippen LogP contribution is 2.23. The molecule has 1 heterocycles. The first-order chi connectivity index (χ1) is 9.11. The lowest BCUT2D eigenvalue weighted by molar-refractivity contribution is 0.0642. The number of benzene rings is 1. The van der Waals surface area contributed by atoms with Crippen LogP contribution in [0.5, 0.6) is 5.75 Å². The van der Waals surface area contributed by atoms with Gasteiger partial charge in [0.15, 0.2) is 0 Å². The molecule has 104 valence electrons. The molecule has 0 unspecified atom stereocenters. The first-order valence-electron chi connectivity index (χ1n) is 6.18. The molecule has 4 nitrogen and oxygen atoms in total. The summed E-state index contributed by atoms with van der Waals surface area (Å²) in [4.78, 5) is 16.4. The van der Waals surface area contributed by atoms with Gasteiger partial charge in [-0.15, -0.1) is 0 Å². The van der Waals surface area contributed by atoms with Gasteiger partial charge in [0.2, 0.25) is 0 Å². The zero-order valence-corrected chi connectivity index (χ0v) is 12.8. The highest BCUT2D eigenvalue weighted by atomic mass is 79.9. The number of halogens is 2. The fourth-order valence-corrected chi connectivity index (χ4v) is 2.82. The third-order valence-corrected chi connectivity index (χ3v) is 3.84. The highest BCUT2D eigenvalue weighted by Gasteiger charge is 2.23. The second-order valence-electron chi connectivity index (χ2n) is 4.48. The van der Waals surface area contributed by atoms with E-state index in [4.69, 9.17) is 11.6 Å². The summed E-state index contributed by atoms with van der Waals surface area (Å²) in [5, 5.41) is 11.1. The number of amides is 1. The van der Waals surface area contributed by atoms with Crippen molar-refractivity contribution in [2.45, 2.75) is 0 Å². The van der Waals surface area contributed by atoms with E-state index in [2.05, 4.69) is 20.8 Å². The second kappa shape index (κ2) is 6.59. The molecule has 1 aliphatic heterocycles. The smallest absolute Gasteiger partial charge is 0.257 e. The number of phenols is 1. The van der Waals surface area contributed by atoms with Crippen molar-refractivity contribution < 1.29 is 9.90 Å². The lowest BCUT2D eigenvalue weighted by Gasteiger charge is -2.34. The van der Waals surface area contributed by atoms with Gasteiger partial charge in [-0.1, -0.05) is 27.5 Å². The Hall–Kier alpha value is -0.780. The number of piperazine rings is 1. The fraction of sp³-hybridized carbons (Fsp3) is 0.462. The number of aromatic hydroxyl groups is 1. The fourth-order valence-electron chi connectivity index (χ4n) is 2.14. The van der Waals surface area contributed by atoms with Crippen LogP contribution < -0.4 is 0 Å². The van der Waals surface area contributed by atoms with Gasteiger partial charge in [0.25, 0.3) is 5.91 Å².